The number of sulfonamides is 1. The average molecular weight is 455 g/mol. The van der Waals surface area contributed by atoms with Crippen LogP contribution in [0.5, 0.6) is 0 Å². The van der Waals surface area contributed by atoms with Gasteiger partial charge in [-0.1, -0.05) is 35.3 Å². The number of benzene rings is 1. The Morgan fingerprint density at radius 3 is 2.36 bits per heavy atom. The first kappa shape index (κ1) is 21.2. The molecule has 0 spiro atoms. The molecule has 0 saturated carbocycles. The molecule has 0 fully saturated rings. The molecule has 1 atom stereocenters. The van der Waals surface area contributed by atoms with Gasteiger partial charge in [0.05, 0.1) is 5.02 Å². The Kier molecular flexibility index (Phi) is 5.57. The van der Waals surface area contributed by atoms with Gasteiger partial charge in [-0.3, -0.25) is 4.79 Å². The first-order valence-corrected chi connectivity index (χ1v) is 10.4. The van der Waals surface area contributed by atoms with Gasteiger partial charge < -0.3 is 4.57 Å². The fourth-order valence-electron chi connectivity index (χ4n) is 3.27. The second-order valence-electron chi connectivity index (χ2n) is 6.38. The molecule has 1 aliphatic rings. The summed E-state index contributed by atoms with van der Waals surface area (Å²) in [6.45, 7) is 0.389. The number of pyridine rings is 1. The maximum Gasteiger partial charge on any atom is 0.409 e. The normalized spacial score (nSPS) is 15.7. The lowest BCUT2D eigenvalue weighted by molar-refractivity contribution is -0.171. The number of alkyl halides is 3. The molecular formula is C17H15Cl2F3N2O3S. The van der Waals surface area contributed by atoms with Crippen LogP contribution in [0.3, 0.4) is 0 Å². The summed E-state index contributed by atoms with van der Waals surface area (Å²) in [5.41, 5.74) is -0.605. The Hall–Kier alpha value is -1.55. The highest BCUT2D eigenvalue weighted by Crippen LogP contribution is 2.41. The molecule has 1 aliphatic heterocycles. The number of rotatable bonds is 4. The van der Waals surface area contributed by atoms with Crippen molar-refractivity contribution in [1.29, 1.82) is 0 Å². The van der Waals surface area contributed by atoms with E-state index in [0.717, 1.165) is 25.2 Å². The second kappa shape index (κ2) is 7.37. The average Bonchev–Trinajstić information content (AvgIpc) is 3.09. The van der Waals surface area contributed by atoms with E-state index in [1.54, 1.807) is 0 Å². The van der Waals surface area contributed by atoms with Crippen molar-refractivity contribution < 1.29 is 21.6 Å². The Balaban J connectivity index is 2.13. The molecule has 0 N–H and O–H groups in total. The van der Waals surface area contributed by atoms with E-state index in [-0.39, 0.29) is 19.9 Å². The standard InChI is InChI=1S/C17H15Cl2F3N2O3S/c1-23(16(17(20,21)22)10-4-6-11(18)7-5-10)28(26,27)13-9-14(25)24-8-2-3-12(24)15(13)19/h4-7,9,16H,2-3,8H2,1H3/t16-/m1/s1. The smallest absolute Gasteiger partial charge is 0.311 e. The number of hydrogen-bond donors (Lipinski definition) is 0. The molecule has 0 radical (unpaired) electrons. The molecule has 5 nitrogen and oxygen atoms in total. The topological polar surface area (TPSA) is 59.4 Å². The van der Waals surface area contributed by atoms with E-state index in [1.165, 1.54) is 16.7 Å². The highest BCUT2D eigenvalue weighted by atomic mass is 35.5. The van der Waals surface area contributed by atoms with Crippen LogP contribution in [0, 0.1) is 0 Å². The van der Waals surface area contributed by atoms with Gasteiger partial charge in [0.15, 0.2) is 0 Å². The van der Waals surface area contributed by atoms with Gasteiger partial charge in [0.25, 0.3) is 5.56 Å². The Bertz CT molecular complexity index is 1070. The van der Waals surface area contributed by atoms with E-state index in [1.807, 2.05) is 0 Å². The van der Waals surface area contributed by atoms with Crippen LogP contribution in [0.4, 0.5) is 13.2 Å². The van der Waals surface area contributed by atoms with Crippen LogP contribution in [-0.2, 0) is 23.0 Å². The summed E-state index contributed by atoms with van der Waals surface area (Å²) in [5.74, 6) is 0. The van der Waals surface area contributed by atoms with E-state index in [4.69, 9.17) is 23.2 Å². The first-order chi connectivity index (χ1) is 12.9. The predicted octanol–water partition coefficient (Wildman–Crippen LogP) is 4.03. The third-order valence-electron chi connectivity index (χ3n) is 4.63. The molecule has 0 bridgehead atoms. The molecule has 2 heterocycles. The quantitative estimate of drug-likeness (QED) is 0.700. The molecule has 3 rings (SSSR count). The molecular weight excluding hydrogens is 440 g/mol. The van der Waals surface area contributed by atoms with Gasteiger partial charge >= 0.3 is 6.18 Å². The van der Waals surface area contributed by atoms with E-state index < -0.39 is 32.7 Å². The van der Waals surface area contributed by atoms with Crippen molar-refractivity contribution in [3.63, 3.8) is 0 Å². The molecule has 0 amide bonds. The minimum atomic E-state index is -4.91. The highest BCUT2D eigenvalue weighted by molar-refractivity contribution is 7.89. The molecule has 0 unspecified atom stereocenters. The third kappa shape index (κ3) is 3.68. The van der Waals surface area contributed by atoms with Gasteiger partial charge in [0, 0.05) is 30.4 Å². The van der Waals surface area contributed by atoms with Crippen LogP contribution >= 0.6 is 23.2 Å². The van der Waals surface area contributed by atoms with Crippen LogP contribution in [0.2, 0.25) is 10.0 Å². The number of fused-ring (bicyclic) bond motifs is 1. The summed E-state index contributed by atoms with van der Waals surface area (Å²) >= 11 is 11.9. The summed E-state index contributed by atoms with van der Waals surface area (Å²) in [7, 11) is -3.91. The minimum Gasteiger partial charge on any atom is -0.311 e. The maximum atomic E-state index is 13.8. The third-order valence-corrected chi connectivity index (χ3v) is 7.26. The van der Waals surface area contributed by atoms with Crippen molar-refractivity contribution in [1.82, 2.24) is 8.87 Å². The van der Waals surface area contributed by atoms with Gasteiger partial charge in [-0.05, 0) is 30.5 Å². The number of nitrogens with zero attached hydrogens (tertiary/aromatic N) is 2. The zero-order valence-corrected chi connectivity index (χ0v) is 16.8. The van der Waals surface area contributed by atoms with Crippen LogP contribution < -0.4 is 5.56 Å². The fraction of sp³-hybridized carbons (Fsp3) is 0.353. The summed E-state index contributed by atoms with van der Waals surface area (Å²) in [4.78, 5) is 11.6. The van der Waals surface area contributed by atoms with E-state index in [0.29, 0.717) is 25.1 Å². The van der Waals surface area contributed by atoms with Crippen molar-refractivity contribution in [3.8, 4) is 0 Å². The zero-order chi connectivity index (χ0) is 20.9. The molecule has 28 heavy (non-hydrogen) atoms. The summed E-state index contributed by atoms with van der Waals surface area (Å²) in [5, 5.41) is -0.00847. The molecule has 1 aromatic carbocycles. The summed E-state index contributed by atoms with van der Waals surface area (Å²) in [6.07, 6.45) is -3.93. The molecule has 11 heteroatoms. The lowest BCUT2D eigenvalue weighted by Gasteiger charge is -2.30. The van der Waals surface area contributed by atoms with Crippen molar-refractivity contribution in [2.24, 2.45) is 0 Å². The molecule has 0 aliphatic carbocycles. The Morgan fingerprint density at radius 2 is 1.79 bits per heavy atom. The largest absolute Gasteiger partial charge is 0.409 e. The lowest BCUT2D eigenvalue weighted by atomic mass is 10.1. The van der Waals surface area contributed by atoms with Gasteiger partial charge in [0.2, 0.25) is 10.0 Å². The minimum absolute atomic E-state index is 0.183. The summed E-state index contributed by atoms with van der Waals surface area (Å²) < 4.78 is 68.8. The van der Waals surface area contributed by atoms with Gasteiger partial charge in [-0.2, -0.15) is 17.5 Å². The van der Waals surface area contributed by atoms with Crippen LogP contribution in [0.15, 0.2) is 40.0 Å². The van der Waals surface area contributed by atoms with E-state index in [9.17, 15) is 26.4 Å². The monoisotopic (exact) mass is 454 g/mol. The fourth-order valence-corrected chi connectivity index (χ4v) is 5.37. The van der Waals surface area contributed by atoms with E-state index >= 15 is 0 Å². The molecule has 2 aromatic rings. The number of halogens is 5. The first-order valence-electron chi connectivity index (χ1n) is 8.17. The van der Waals surface area contributed by atoms with Crippen LogP contribution in [-0.4, -0.2) is 30.5 Å². The number of hydrogen-bond acceptors (Lipinski definition) is 3. The highest BCUT2D eigenvalue weighted by Gasteiger charge is 2.48. The molecule has 152 valence electrons. The SMILES string of the molecule is CN([C@H](c1ccc(Cl)cc1)C(F)(F)F)S(=O)(=O)c1cc(=O)n2c(c1Cl)CCC2. The predicted molar refractivity (Wildman–Crippen MR) is 99.2 cm³/mol. The van der Waals surface area contributed by atoms with Crippen LogP contribution in [0.1, 0.15) is 23.7 Å². The number of aromatic nitrogens is 1. The van der Waals surface area contributed by atoms with Crippen LogP contribution in [0.25, 0.3) is 0 Å². The van der Waals surface area contributed by atoms with Crippen molar-refractivity contribution in [2.75, 3.05) is 7.05 Å². The summed E-state index contributed by atoms with van der Waals surface area (Å²) in [6, 6.07) is 2.99. The van der Waals surface area contributed by atoms with Crippen molar-refractivity contribution in [3.05, 3.63) is 62.0 Å². The zero-order valence-electron chi connectivity index (χ0n) is 14.5. The van der Waals surface area contributed by atoms with Crippen molar-refractivity contribution in [2.45, 2.75) is 36.5 Å². The van der Waals surface area contributed by atoms with E-state index in [2.05, 4.69) is 0 Å². The lowest BCUT2D eigenvalue weighted by Crippen LogP contribution is -2.40. The Morgan fingerprint density at radius 1 is 1.18 bits per heavy atom. The Labute approximate surface area is 169 Å². The molecule has 1 aromatic heterocycles. The maximum absolute atomic E-state index is 13.8. The van der Waals surface area contributed by atoms with Gasteiger partial charge in [0.1, 0.15) is 10.9 Å². The second-order valence-corrected chi connectivity index (χ2v) is 9.16. The molecule has 0 saturated heterocycles. The van der Waals surface area contributed by atoms with Gasteiger partial charge in [-0.15, -0.1) is 0 Å². The van der Waals surface area contributed by atoms with Gasteiger partial charge in [-0.25, -0.2) is 8.42 Å². The van der Waals surface area contributed by atoms with Crippen molar-refractivity contribution >= 4 is 33.2 Å².